The van der Waals surface area contributed by atoms with E-state index in [1.54, 1.807) is 7.11 Å². The lowest BCUT2D eigenvalue weighted by molar-refractivity contribution is -0.142. The maximum atomic E-state index is 12.9. The summed E-state index contributed by atoms with van der Waals surface area (Å²) in [5.41, 5.74) is 1.94. The van der Waals surface area contributed by atoms with Crippen LogP contribution in [-0.4, -0.2) is 67.4 Å². The molecule has 0 bridgehead atoms. The van der Waals surface area contributed by atoms with Gasteiger partial charge >= 0.3 is 6.18 Å². The van der Waals surface area contributed by atoms with Crippen LogP contribution in [-0.2, 0) is 16.0 Å². The Labute approximate surface area is 176 Å². The summed E-state index contributed by atoms with van der Waals surface area (Å²) in [5.74, 6) is 0.504. The van der Waals surface area contributed by atoms with Crippen LogP contribution in [0.4, 0.5) is 13.2 Å². The zero-order chi connectivity index (χ0) is 22.3. The minimum Gasteiger partial charge on any atom is -0.487 e. The van der Waals surface area contributed by atoms with Gasteiger partial charge in [0, 0.05) is 24.9 Å². The van der Waals surface area contributed by atoms with Gasteiger partial charge in [-0.2, -0.15) is 18.3 Å². The molecule has 0 saturated carbocycles. The standard InChI is InChI=1S/C20H22F3N3O5/c1-28-6-7-30-19-8-15(10-27)18(9-24-19)31-11-14-3-5-29-12-16(14)17-2-4-25-26(17)13-20(21,22)23/h2,4,8-10H,3,5-7,11-13H2,1H3. The Morgan fingerprint density at radius 3 is 2.87 bits per heavy atom. The molecule has 1 aliphatic rings. The first-order chi connectivity index (χ1) is 14.9. The molecular weight excluding hydrogens is 419 g/mol. The normalized spacial score (nSPS) is 14.6. The van der Waals surface area contributed by atoms with E-state index in [-0.39, 0.29) is 37.0 Å². The van der Waals surface area contributed by atoms with Gasteiger partial charge in [-0.25, -0.2) is 4.98 Å². The molecule has 0 spiro atoms. The largest absolute Gasteiger partial charge is 0.487 e. The number of carbonyl (C=O) groups excluding carboxylic acids is 1. The molecule has 0 saturated heterocycles. The van der Waals surface area contributed by atoms with Crippen LogP contribution >= 0.6 is 0 Å². The van der Waals surface area contributed by atoms with Gasteiger partial charge in [-0.15, -0.1) is 0 Å². The predicted molar refractivity (Wildman–Crippen MR) is 103 cm³/mol. The predicted octanol–water partition coefficient (Wildman–Crippen LogP) is 2.93. The Bertz CT molecular complexity index is 927. The Kier molecular flexibility index (Phi) is 7.64. The van der Waals surface area contributed by atoms with E-state index in [2.05, 4.69) is 10.1 Å². The van der Waals surface area contributed by atoms with Crippen molar-refractivity contribution in [3.8, 4) is 11.6 Å². The molecule has 0 aromatic carbocycles. The average molecular weight is 441 g/mol. The lowest BCUT2D eigenvalue weighted by atomic mass is 10.0. The third-order valence-corrected chi connectivity index (χ3v) is 4.51. The Hall–Kier alpha value is -2.92. The van der Waals surface area contributed by atoms with Crippen molar-refractivity contribution in [2.45, 2.75) is 19.1 Å². The van der Waals surface area contributed by atoms with Crippen LogP contribution in [0, 0.1) is 0 Å². The minimum atomic E-state index is -4.40. The van der Waals surface area contributed by atoms with Crippen molar-refractivity contribution in [3.63, 3.8) is 0 Å². The van der Waals surface area contributed by atoms with Crippen LogP contribution in [0.2, 0.25) is 0 Å². The minimum absolute atomic E-state index is 0.0717. The van der Waals surface area contributed by atoms with Crippen molar-refractivity contribution in [1.29, 1.82) is 0 Å². The molecule has 0 unspecified atom stereocenters. The SMILES string of the molecule is COCCOc1cc(C=O)c(OCC2=C(c3ccnn3CC(F)(F)F)COCC2)cn1. The molecule has 3 heterocycles. The third kappa shape index (κ3) is 6.28. The number of halogens is 3. The molecule has 1 aliphatic heterocycles. The fourth-order valence-corrected chi connectivity index (χ4v) is 3.05. The number of alkyl halides is 3. The molecule has 0 aliphatic carbocycles. The van der Waals surface area contributed by atoms with Gasteiger partial charge in [0.15, 0.2) is 6.29 Å². The van der Waals surface area contributed by atoms with Crippen molar-refractivity contribution >= 4 is 11.9 Å². The van der Waals surface area contributed by atoms with Crippen LogP contribution in [0.25, 0.3) is 5.57 Å². The number of hydrogen-bond acceptors (Lipinski definition) is 7. The van der Waals surface area contributed by atoms with Gasteiger partial charge in [0.2, 0.25) is 5.88 Å². The Balaban J connectivity index is 1.77. The van der Waals surface area contributed by atoms with Gasteiger partial charge in [0.25, 0.3) is 0 Å². The highest BCUT2D eigenvalue weighted by Crippen LogP contribution is 2.29. The fraction of sp³-hybridized carbons (Fsp3) is 0.450. The molecule has 168 valence electrons. The van der Waals surface area contributed by atoms with E-state index in [4.69, 9.17) is 18.9 Å². The molecule has 8 nitrogen and oxygen atoms in total. The van der Waals surface area contributed by atoms with Gasteiger partial charge in [-0.05, 0) is 18.1 Å². The lowest BCUT2D eigenvalue weighted by Gasteiger charge is -2.22. The molecule has 3 rings (SSSR count). The van der Waals surface area contributed by atoms with E-state index in [1.165, 1.54) is 24.5 Å². The van der Waals surface area contributed by atoms with Crippen molar-refractivity contribution in [1.82, 2.24) is 14.8 Å². The van der Waals surface area contributed by atoms with Crippen molar-refractivity contribution in [2.75, 3.05) is 40.1 Å². The zero-order valence-corrected chi connectivity index (χ0v) is 16.9. The van der Waals surface area contributed by atoms with Gasteiger partial charge in [0.05, 0.1) is 37.3 Å². The zero-order valence-electron chi connectivity index (χ0n) is 16.9. The van der Waals surface area contributed by atoms with Gasteiger partial charge in [-0.1, -0.05) is 0 Å². The number of pyridine rings is 1. The summed E-state index contributed by atoms with van der Waals surface area (Å²) in [6, 6.07) is 2.97. The van der Waals surface area contributed by atoms with Crippen LogP contribution in [0.3, 0.4) is 0 Å². The molecule has 0 radical (unpaired) electrons. The molecule has 0 N–H and O–H groups in total. The summed E-state index contributed by atoms with van der Waals surface area (Å²) in [6.07, 6.45) is -0.602. The molecular formula is C20H22F3N3O5. The monoisotopic (exact) mass is 441 g/mol. The summed E-state index contributed by atoms with van der Waals surface area (Å²) in [4.78, 5) is 15.6. The smallest absolute Gasteiger partial charge is 0.408 e. The molecule has 0 atom stereocenters. The van der Waals surface area contributed by atoms with Crippen molar-refractivity contribution in [3.05, 3.63) is 41.4 Å². The lowest BCUT2D eigenvalue weighted by Crippen LogP contribution is -2.23. The molecule has 0 amide bonds. The molecule has 11 heteroatoms. The Morgan fingerprint density at radius 1 is 1.29 bits per heavy atom. The maximum absolute atomic E-state index is 12.9. The number of ether oxygens (including phenoxy) is 4. The summed E-state index contributed by atoms with van der Waals surface area (Å²) in [6.45, 7) is 0.0944. The summed E-state index contributed by atoms with van der Waals surface area (Å²) in [7, 11) is 1.54. The number of methoxy groups -OCH3 is 1. The first-order valence-corrected chi connectivity index (χ1v) is 9.48. The van der Waals surface area contributed by atoms with Crippen LogP contribution in [0.5, 0.6) is 11.6 Å². The summed E-state index contributed by atoms with van der Waals surface area (Å²) < 4.78 is 61.0. The van der Waals surface area contributed by atoms with Gasteiger partial charge in [0.1, 0.15) is 25.5 Å². The first-order valence-electron chi connectivity index (χ1n) is 9.48. The quantitative estimate of drug-likeness (QED) is 0.414. The van der Waals surface area contributed by atoms with E-state index in [1.807, 2.05) is 0 Å². The second-order valence-electron chi connectivity index (χ2n) is 6.68. The number of aldehydes is 1. The first kappa shape index (κ1) is 22.8. The number of rotatable bonds is 10. The van der Waals surface area contributed by atoms with E-state index in [9.17, 15) is 18.0 Å². The van der Waals surface area contributed by atoms with Crippen LogP contribution in [0.1, 0.15) is 22.5 Å². The van der Waals surface area contributed by atoms with Crippen molar-refractivity contribution < 1.29 is 36.9 Å². The van der Waals surface area contributed by atoms with Crippen LogP contribution in [0.15, 0.2) is 30.1 Å². The topological polar surface area (TPSA) is 84.7 Å². The highest BCUT2D eigenvalue weighted by molar-refractivity contribution is 5.79. The van der Waals surface area contributed by atoms with E-state index >= 15 is 0 Å². The molecule has 2 aromatic heterocycles. The highest BCUT2D eigenvalue weighted by atomic mass is 19.4. The molecule has 2 aromatic rings. The van der Waals surface area contributed by atoms with E-state index in [0.29, 0.717) is 37.2 Å². The molecule has 0 fully saturated rings. The number of nitrogens with zero attached hydrogens (tertiary/aromatic N) is 3. The third-order valence-electron chi connectivity index (χ3n) is 4.51. The summed E-state index contributed by atoms with van der Waals surface area (Å²) >= 11 is 0. The number of carbonyl (C=O) groups is 1. The average Bonchev–Trinajstić information content (AvgIpc) is 3.19. The Morgan fingerprint density at radius 2 is 2.13 bits per heavy atom. The molecule has 31 heavy (non-hydrogen) atoms. The van der Waals surface area contributed by atoms with Gasteiger partial charge in [-0.3, -0.25) is 9.48 Å². The number of aromatic nitrogens is 3. The van der Waals surface area contributed by atoms with Gasteiger partial charge < -0.3 is 18.9 Å². The highest BCUT2D eigenvalue weighted by Gasteiger charge is 2.30. The van der Waals surface area contributed by atoms with Crippen LogP contribution < -0.4 is 9.47 Å². The maximum Gasteiger partial charge on any atom is 0.408 e. The van der Waals surface area contributed by atoms with Crippen molar-refractivity contribution in [2.24, 2.45) is 0 Å². The summed E-state index contributed by atoms with van der Waals surface area (Å²) in [5, 5.41) is 3.78. The second kappa shape index (κ2) is 10.4. The second-order valence-corrected chi connectivity index (χ2v) is 6.68. The van der Waals surface area contributed by atoms with E-state index < -0.39 is 12.7 Å². The number of hydrogen-bond donors (Lipinski definition) is 0. The fourth-order valence-electron chi connectivity index (χ4n) is 3.05. The van der Waals surface area contributed by atoms with E-state index in [0.717, 1.165) is 10.3 Å².